The summed E-state index contributed by atoms with van der Waals surface area (Å²) in [6.45, 7) is 0. The maximum Gasteiger partial charge on any atom is 0.126 e. The van der Waals surface area contributed by atoms with Gasteiger partial charge in [-0.2, -0.15) is 0 Å². The summed E-state index contributed by atoms with van der Waals surface area (Å²) in [5.41, 5.74) is 7.36. The molecule has 0 radical (unpaired) electrons. The van der Waals surface area contributed by atoms with Crippen LogP contribution in [0.1, 0.15) is 24.8 Å². The van der Waals surface area contributed by atoms with Gasteiger partial charge in [-0.15, -0.1) is 0 Å². The van der Waals surface area contributed by atoms with Crippen LogP contribution in [0.25, 0.3) is 0 Å². The number of benzene rings is 1. The Morgan fingerprint density at radius 3 is 2.81 bits per heavy atom. The molecule has 0 bridgehead atoms. The number of nitrogens with two attached hydrogens (primary N) is 1. The van der Waals surface area contributed by atoms with Gasteiger partial charge in [-0.05, 0) is 49.4 Å². The van der Waals surface area contributed by atoms with E-state index in [1.807, 2.05) is 0 Å². The molecule has 1 aliphatic rings. The van der Waals surface area contributed by atoms with Crippen LogP contribution in [0.15, 0.2) is 29.8 Å². The van der Waals surface area contributed by atoms with Gasteiger partial charge in [0.05, 0.1) is 0 Å². The van der Waals surface area contributed by atoms with Crippen molar-refractivity contribution in [3.8, 4) is 0 Å². The zero-order valence-corrected chi connectivity index (χ0v) is 9.05. The second-order valence-corrected chi connectivity index (χ2v) is 4.31. The summed E-state index contributed by atoms with van der Waals surface area (Å²) >= 11 is 0. The zero-order valence-electron chi connectivity index (χ0n) is 9.05. The highest BCUT2D eigenvalue weighted by Crippen LogP contribution is 2.22. The molecule has 2 rings (SSSR count). The predicted molar refractivity (Wildman–Crippen MR) is 60.0 cm³/mol. The lowest BCUT2D eigenvalue weighted by molar-refractivity contribution is 0.569. The molecule has 3 heteroatoms. The highest BCUT2D eigenvalue weighted by Gasteiger charge is 2.12. The quantitative estimate of drug-likeness (QED) is 0.766. The molecule has 0 aromatic heterocycles. The minimum atomic E-state index is -0.385. The van der Waals surface area contributed by atoms with E-state index in [9.17, 15) is 8.78 Å². The van der Waals surface area contributed by atoms with E-state index >= 15 is 0 Å². The molecule has 1 aromatic carbocycles. The normalized spacial score (nSPS) is 20.7. The van der Waals surface area contributed by atoms with Gasteiger partial charge in [0.2, 0.25) is 0 Å². The first kappa shape index (κ1) is 11.3. The van der Waals surface area contributed by atoms with E-state index in [2.05, 4.69) is 6.08 Å². The Hall–Kier alpha value is -1.22. The van der Waals surface area contributed by atoms with Crippen LogP contribution in [0.3, 0.4) is 0 Å². The average molecular weight is 223 g/mol. The van der Waals surface area contributed by atoms with Gasteiger partial charge in [0.1, 0.15) is 11.6 Å². The van der Waals surface area contributed by atoms with Crippen LogP contribution in [-0.2, 0) is 6.42 Å². The van der Waals surface area contributed by atoms with Crippen LogP contribution in [0.4, 0.5) is 8.78 Å². The Kier molecular flexibility index (Phi) is 3.34. The van der Waals surface area contributed by atoms with Crippen LogP contribution in [0, 0.1) is 11.6 Å². The van der Waals surface area contributed by atoms with E-state index in [1.165, 1.54) is 12.1 Å². The zero-order chi connectivity index (χ0) is 11.5. The number of rotatable bonds is 2. The molecule has 16 heavy (non-hydrogen) atoms. The SMILES string of the molecule is NC1CC=C(Cc2cc(F)ccc2F)CC1. The lowest BCUT2D eigenvalue weighted by Gasteiger charge is -2.18. The van der Waals surface area contributed by atoms with Crippen molar-refractivity contribution in [3.63, 3.8) is 0 Å². The lowest BCUT2D eigenvalue weighted by Crippen LogP contribution is -2.22. The summed E-state index contributed by atoms with van der Waals surface area (Å²) in [5, 5.41) is 0. The van der Waals surface area contributed by atoms with E-state index in [0.717, 1.165) is 30.9 Å². The molecule has 0 saturated carbocycles. The molecule has 86 valence electrons. The molecule has 0 fully saturated rings. The Morgan fingerprint density at radius 2 is 2.12 bits per heavy atom. The number of halogens is 2. The van der Waals surface area contributed by atoms with Crippen molar-refractivity contribution in [2.45, 2.75) is 31.7 Å². The van der Waals surface area contributed by atoms with Crippen molar-refractivity contribution in [3.05, 3.63) is 47.0 Å². The van der Waals surface area contributed by atoms with Crippen molar-refractivity contribution >= 4 is 0 Å². The number of allylic oxidation sites excluding steroid dienone is 1. The fraction of sp³-hybridized carbons (Fsp3) is 0.385. The van der Waals surface area contributed by atoms with Crippen LogP contribution in [0.5, 0.6) is 0 Å². The van der Waals surface area contributed by atoms with E-state index in [0.29, 0.717) is 12.0 Å². The molecule has 1 unspecified atom stereocenters. The maximum absolute atomic E-state index is 13.4. The number of hydrogen-bond donors (Lipinski definition) is 1. The molecular formula is C13H15F2N. The molecule has 0 aliphatic heterocycles. The molecule has 2 N–H and O–H groups in total. The van der Waals surface area contributed by atoms with Gasteiger partial charge in [0.15, 0.2) is 0 Å². The third kappa shape index (κ3) is 2.67. The monoisotopic (exact) mass is 223 g/mol. The summed E-state index contributed by atoms with van der Waals surface area (Å²) in [7, 11) is 0. The van der Waals surface area contributed by atoms with E-state index in [-0.39, 0.29) is 17.7 Å². The first-order valence-corrected chi connectivity index (χ1v) is 5.52. The summed E-state index contributed by atoms with van der Waals surface area (Å²) < 4.78 is 26.3. The Balaban J connectivity index is 2.12. The molecule has 0 spiro atoms. The van der Waals surface area contributed by atoms with Crippen molar-refractivity contribution < 1.29 is 8.78 Å². The molecule has 1 atom stereocenters. The third-order valence-electron chi connectivity index (χ3n) is 2.97. The van der Waals surface area contributed by atoms with Gasteiger partial charge in [-0.3, -0.25) is 0 Å². The highest BCUT2D eigenvalue weighted by molar-refractivity contribution is 5.25. The van der Waals surface area contributed by atoms with Gasteiger partial charge in [0, 0.05) is 6.04 Å². The largest absolute Gasteiger partial charge is 0.327 e. The minimum Gasteiger partial charge on any atom is -0.327 e. The fourth-order valence-corrected chi connectivity index (χ4v) is 1.99. The molecule has 0 saturated heterocycles. The molecule has 1 nitrogen and oxygen atoms in total. The van der Waals surface area contributed by atoms with E-state index in [4.69, 9.17) is 5.73 Å². The Bertz CT molecular complexity index is 412. The van der Waals surface area contributed by atoms with Crippen LogP contribution in [-0.4, -0.2) is 6.04 Å². The first-order valence-electron chi connectivity index (χ1n) is 5.52. The van der Waals surface area contributed by atoms with Crippen LogP contribution < -0.4 is 5.73 Å². The molecular weight excluding hydrogens is 208 g/mol. The maximum atomic E-state index is 13.4. The molecule has 1 aromatic rings. The summed E-state index contributed by atoms with van der Waals surface area (Å²) in [6.07, 6.45) is 5.21. The smallest absolute Gasteiger partial charge is 0.126 e. The summed E-state index contributed by atoms with van der Waals surface area (Å²) in [4.78, 5) is 0. The van der Waals surface area contributed by atoms with Gasteiger partial charge in [-0.25, -0.2) is 8.78 Å². The van der Waals surface area contributed by atoms with Crippen LogP contribution in [0.2, 0.25) is 0 Å². The standard InChI is InChI=1S/C13H15F2N/c14-11-3-6-13(15)10(8-11)7-9-1-4-12(16)5-2-9/h1,3,6,8,12H,2,4-5,7,16H2. The molecule has 0 heterocycles. The molecule has 1 aliphatic carbocycles. The average Bonchev–Trinajstić information content (AvgIpc) is 2.27. The lowest BCUT2D eigenvalue weighted by atomic mass is 9.91. The predicted octanol–water partition coefficient (Wildman–Crippen LogP) is 2.94. The summed E-state index contributed by atoms with van der Waals surface area (Å²) in [5.74, 6) is -0.721. The third-order valence-corrected chi connectivity index (χ3v) is 2.97. The van der Waals surface area contributed by atoms with Crippen LogP contribution >= 0.6 is 0 Å². The van der Waals surface area contributed by atoms with Crippen molar-refractivity contribution in [2.24, 2.45) is 5.73 Å². The Labute approximate surface area is 94.0 Å². The second-order valence-electron chi connectivity index (χ2n) is 4.31. The van der Waals surface area contributed by atoms with Gasteiger partial charge in [0.25, 0.3) is 0 Å². The first-order chi connectivity index (χ1) is 7.65. The van der Waals surface area contributed by atoms with E-state index in [1.54, 1.807) is 0 Å². The fourth-order valence-electron chi connectivity index (χ4n) is 1.99. The molecule has 0 amide bonds. The van der Waals surface area contributed by atoms with Gasteiger partial charge < -0.3 is 5.73 Å². The number of hydrogen-bond acceptors (Lipinski definition) is 1. The van der Waals surface area contributed by atoms with Crippen molar-refractivity contribution in [1.29, 1.82) is 0 Å². The summed E-state index contributed by atoms with van der Waals surface area (Å²) in [6, 6.07) is 3.82. The van der Waals surface area contributed by atoms with Crippen molar-refractivity contribution in [1.82, 2.24) is 0 Å². The van der Waals surface area contributed by atoms with Gasteiger partial charge in [-0.1, -0.05) is 11.6 Å². The van der Waals surface area contributed by atoms with Crippen molar-refractivity contribution in [2.75, 3.05) is 0 Å². The second kappa shape index (κ2) is 4.74. The highest BCUT2D eigenvalue weighted by atomic mass is 19.1. The van der Waals surface area contributed by atoms with Gasteiger partial charge >= 0.3 is 0 Å². The Morgan fingerprint density at radius 1 is 1.31 bits per heavy atom. The minimum absolute atomic E-state index is 0.223. The van der Waals surface area contributed by atoms with E-state index < -0.39 is 0 Å². The topological polar surface area (TPSA) is 26.0 Å².